The van der Waals surface area contributed by atoms with E-state index >= 15 is 0 Å². The van der Waals surface area contributed by atoms with E-state index in [1.807, 2.05) is 4.90 Å². The van der Waals surface area contributed by atoms with E-state index < -0.39 is 0 Å². The number of ether oxygens (including phenoxy) is 2. The van der Waals surface area contributed by atoms with Crippen LogP contribution in [-0.2, 0) is 14.3 Å². The molecule has 2 heterocycles. The summed E-state index contributed by atoms with van der Waals surface area (Å²) in [5.74, 6) is 0.181. The Morgan fingerprint density at radius 2 is 1.93 bits per heavy atom. The summed E-state index contributed by atoms with van der Waals surface area (Å²) in [4.78, 5) is 13.8. The van der Waals surface area contributed by atoms with Gasteiger partial charge in [0.15, 0.2) is 0 Å². The maximum absolute atomic E-state index is 11.9. The van der Waals surface area contributed by atoms with Crippen molar-refractivity contribution in [3.63, 3.8) is 0 Å². The van der Waals surface area contributed by atoms with Crippen molar-refractivity contribution in [1.82, 2.24) is 4.90 Å². The SMILES string of the molecule is O=C1C(Br)CCCN1C1COCCOC1. The van der Waals surface area contributed by atoms with Gasteiger partial charge in [0.2, 0.25) is 5.91 Å². The van der Waals surface area contributed by atoms with Crippen molar-refractivity contribution in [2.24, 2.45) is 0 Å². The van der Waals surface area contributed by atoms with Crippen molar-refractivity contribution in [3.8, 4) is 0 Å². The fourth-order valence-corrected chi connectivity index (χ4v) is 2.59. The van der Waals surface area contributed by atoms with Gasteiger partial charge in [0.1, 0.15) is 0 Å². The third kappa shape index (κ3) is 2.71. The first kappa shape index (κ1) is 11.4. The Hall–Kier alpha value is -0.130. The van der Waals surface area contributed by atoms with Crippen molar-refractivity contribution in [1.29, 1.82) is 0 Å². The van der Waals surface area contributed by atoms with Gasteiger partial charge in [-0.2, -0.15) is 0 Å². The van der Waals surface area contributed by atoms with Crippen LogP contribution in [0.3, 0.4) is 0 Å². The summed E-state index contributed by atoms with van der Waals surface area (Å²) in [6.07, 6.45) is 1.99. The second kappa shape index (κ2) is 5.27. The number of hydrogen-bond acceptors (Lipinski definition) is 3. The number of carbonyl (C=O) groups excluding carboxylic acids is 1. The molecule has 0 saturated carbocycles. The van der Waals surface area contributed by atoms with Gasteiger partial charge >= 0.3 is 0 Å². The minimum Gasteiger partial charge on any atom is -0.377 e. The van der Waals surface area contributed by atoms with Gasteiger partial charge < -0.3 is 14.4 Å². The van der Waals surface area contributed by atoms with Crippen LogP contribution in [0.15, 0.2) is 0 Å². The standard InChI is InChI=1S/C10H16BrNO3/c11-9-2-1-3-12(10(9)13)8-6-14-4-5-15-7-8/h8-9H,1-7H2. The van der Waals surface area contributed by atoms with E-state index in [9.17, 15) is 4.79 Å². The molecule has 86 valence electrons. The molecule has 0 aliphatic carbocycles. The third-order valence-electron chi connectivity index (χ3n) is 2.84. The molecule has 5 heteroatoms. The zero-order valence-corrected chi connectivity index (χ0v) is 10.2. The number of nitrogens with zero attached hydrogens (tertiary/aromatic N) is 1. The van der Waals surface area contributed by atoms with E-state index in [0.29, 0.717) is 26.4 Å². The Balaban J connectivity index is 1.97. The van der Waals surface area contributed by atoms with Crippen LogP contribution in [0.25, 0.3) is 0 Å². The summed E-state index contributed by atoms with van der Waals surface area (Å²) >= 11 is 3.41. The number of halogens is 1. The topological polar surface area (TPSA) is 38.8 Å². The monoisotopic (exact) mass is 277 g/mol. The molecule has 0 radical (unpaired) electrons. The fraction of sp³-hybridized carbons (Fsp3) is 0.900. The highest BCUT2D eigenvalue weighted by atomic mass is 79.9. The number of piperidine rings is 1. The molecule has 2 rings (SSSR count). The molecule has 0 N–H and O–H groups in total. The molecule has 2 saturated heterocycles. The van der Waals surface area contributed by atoms with Crippen LogP contribution < -0.4 is 0 Å². The van der Waals surface area contributed by atoms with Crippen LogP contribution in [0.1, 0.15) is 12.8 Å². The maximum Gasteiger partial charge on any atom is 0.236 e. The highest BCUT2D eigenvalue weighted by Crippen LogP contribution is 2.21. The molecule has 0 spiro atoms. The Labute approximate surface area is 98.0 Å². The summed E-state index contributed by atoms with van der Waals surface area (Å²) < 4.78 is 10.8. The summed E-state index contributed by atoms with van der Waals surface area (Å²) in [6, 6.07) is 0.0975. The van der Waals surface area contributed by atoms with Crippen LogP contribution >= 0.6 is 15.9 Å². The van der Waals surface area contributed by atoms with Crippen molar-refractivity contribution >= 4 is 21.8 Å². The van der Waals surface area contributed by atoms with Gasteiger partial charge in [-0.15, -0.1) is 0 Å². The molecule has 1 unspecified atom stereocenters. The molecular weight excluding hydrogens is 262 g/mol. The zero-order valence-electron chi connectivity index (χ0n) is 8.65. The summed E-state index contributed by atoms with van der Waals surface area (Å²) in [5, 5.41) is 0. The molecule has 2 aliphatic heterocycles. The lowest BCUT2D eigenvalue weighted by Gasteiger charge is -2.35. The van der Waals surface area contributed by atoms with Gasteiger partial charge in [0.05, 0.1) is 37.3 Å². The number of likely N-dealkylation sites (tertiary alicyclic amines) is 1. The summed E-state index contributed by atoms with van der Waals surface area (Å²) in [6.45, 7) is 3.31. The fourth-order valence-electron chi connectivity index (χ4n) is 2.00. The number of amides is 1. The highest BCUT2D eigenvalue weighted by Gasteiger charge is 2.32. The van der Waals surface area contributed by atoms with Gasteiger partial charge in [-0.3, -0.25) is 4.79 Å². The maximum atomic E-state index is 11.9. The molecule has 0 aromatic carbocycles. The third-order valence-corrected chi connectivity index (χ3v) is 3.69. The Bertz CT molecular complexity index is 229. The minimum atomic E-state index is -0.0190. The Kier molecular flexibility index (Phi) is 3.99. The van der Waals surface area contributed by atoms with Gasteiger partial charge in [-0.25, -0.2) is 0 Å². The average Bonchev–Trinajstić information content (AvgIpc) is 2.50. The first-order valence-electron chi connectivity index (χ1n) is 5.39. The first-order chi connectivity index (χ1) is 7.29. The number of alkyl halides is 1. The van der Waals surface area contributed by atoms with Crippen LogP contribution in [0.5, 0.6) is 0 Å². The van der Waals surface area contributed by atoms with E-state index in [2.05, 4.69) is 15.9 Å². The minimum absolute atomic E-state index is 0.0190. The van der Waals surface area contributed by atoms with Crippen LogP contribution in [-0.4, -0.2) is 54.6 Å². The number of hydrogen-bond donors (Lipinski definition) is 0. The smallest absolute Gasteiger partial charge is 0.236 e. The second-order valence-electron chi connectivity index (χ2n) is 3.95. The van der Waals surface area contributed by atoms with E-state index in [1.54, 1.807) is 0 Å². The van der Waals surface area contributed by atoms with Crippen LogP contribution in [0, 0.1) is 0 Å². The zero-order chi connectivity index (χ0) is 10.7. The molecular formula is C10H16BrNO3. The first-order valence-corrected chi connectivity index (χ1v) is 6.30. The van der Waals surface area contributed by atoms with Crippen LogP contribution in [0.2, 0.25) is 0 Å². The molecule has 0 bridgehead atoms. The van der Waals surface area contributed by atoms with Gasteiger partial charge in [0.25, 0.3) is 0 Å². The Morgan fingerprint density at radius 3 is 2.60 bits per heavy atom. The van der Waals surface area contributed by atoms with Crippen molar-refractivity contribution in [2.75, 3.05) is 33.0 Å². The summed E-state index contributed by atoms with van der Waals surface area (Å²) in [7, 11) is 0. The molecule has 1 amide bonds. The van der Waals surface area contributed by atoms with E-state index in [4.69, 9.17) is 9.47 Å². The van der Waals surface area contributed by atoms with Crippen molar-refractivity contribution in [3.05, 3.63) is 0 Å². The second-order valence-corrected chi connectivity index (χ2v) is 5.05. The number of rotatable bonds is 1. The van der Waals surface area contributed by atoms with Crippen LogP contribution in [0.4, 0.5) is 0 Å². The van der Waals surface area contributed by atoms with E-state index in [0.717, 1.165) is 19.4 Å². The largest absolute Gasteiger partial charge is 0.377 e. The molecule has 15 heavy (non-hydrogen) atoms. The van der Waals surface area contributed by atoms with Gasteiger partial charge in [-0.1, -0.05) is 15.9 Å². The lowest BCUT2D eigenvalue weighted by Crippen LogP contribution is -2.50. The van der Waals surface area contributed by atoms with Crippen molar-refractivity contribution < 1.29 is 14.3 Å². The van der Waals surface area contributed by atoms with Gasteiger partial charge in [-0.05, 0) is 12.8 Å². The molecule has 0 aromatic heterocycles. The van der Waals surface area contributed by atoms with E-state index in [1.165, 1.54) is 0 Å². The van der Waals surface area contributed by atoms with Gasteiger partial charge in [0, 0.05) is 6.54 Å². The van der Waals surface area contributed by atoms with Crippen molar-refractivity contribution in [2.45, 2.75) is 23.7 Å². The quantitative estimate of drug-likeness (QED) is 0.666. The van der Waals surface area contributed by atoms with E-state index in [-0.39, 0.29) is 16.8 Å². The molecule has 2 aliphatic rings. The molecule has 1 atom stereocenters. The summed E-state index contributed by atoms with van der Waals surface area (Å²) in [5.41, 5.74) is 0. The Morgan fingerprint density at radius 1 is 1.27 bits per heavy atom. The molecule has 4 nitrogen and oxygen atoms in total. The normalized spacial score (nSPS) is 30.3. The molecule has 2 fully saturated rings. The highest BCUT2D eigenvalue weighted by molar-refractivity contribution is 9.10. The predicted octanol–water partition coefficient (Wildman–Crippen LogP) is 0.788. The number of carbonyl (C=O) groups is 1. The lowest BCUT2D eigenvalue weighted by atomic mass is 10.1. The lowest BCUT2D eigenvalue weighted by molar-refractivity contribution is -0.136. The predicted molar refractivity (Wildman–Crippen MR) is 59.1 cm³/mol. The average molecular weight is 278 g/mol. The molecule has 0 aromatic rings.